The molecule has 0 amide bonds. The van der Waals surface area contributed by atoms with Crippen LogP contribution >= 0.6 is 11.6 Å². The van der Waals surface area contributed by atoms with Crippen LogP contribution in [-0.2, 0) is 20.6 Å². The lowest BCUT2D eigenvalue weighted by molar-refractivity contribution is -0.0475. The fourth-order valence-electron chi connectivity index (χ4n) is 2.14. The molecule has 110 valence electrons. The molecule has 0 radical (unpaired) electrons. The number of carbonyl (C=O) groups excluding carboxylic acids is 1. The number of aryl methyl sites for hydroxylation is 1. The smallest absolute Gasteiger partial charge is 0.339 e. The Balaban J connectivity index is 1.86. The van der Waals surface area contributed by atoms with E-state index < -0.39 is 0 Å². The van der Waals surface area contributed by atoms with Crippen LogP contribution in [0.5, 0.6) is 0 Å². The van der Waals surface area contributed by atoms with Crippen LogP contribution < -0.4 is 0 Å². The summed E-state index contributed by atoms with van der Waals surface area (Å²) in [4.78, 5) is 11.6. The number of carbonyl (C=O) groups is 1. The Morgan fingerprint density at radius 1 is 1.40 bits per heavy atom. The zero-order valence-corrected chi connectivity index (χ0v) is 12.3. The summed E-state index contributed by atoms with van der Waals surface area (Å²) in [5, 5.41) is 0.439. The lowest BCUT2D eigenvalue weighted by atomic mass is 10.1. The van der Waals surface area contributed by atoms with Gasteiger partial charge in [0.25, 0.3) is 0 Å². The highest BCUT2D eigenvalue weighted by atomic mass is 35.5. The van der Waals surface area contributed by atoms with Gasteiger partial charge in [0.15, 0.2) is 6.29 Å². The second kappa shape index (κ2) is 7.62. The molecular weight excluding hydrogens is 280 g/mol. The molecule has 1 heterocycles. The molecule has 0 aliphatic carbocycles. The van der Waals surface area contributed by atoms with Crippen LogP contribution in [0.3, 0.4) is 0 Å². The molecule has 4 nitrogen and oxygen atoms in total. The average molecular weight is 299 g/mol. The van der Waals surface area contributed by atoms with E-state index in [4.69, 9.17) is 25.8 Å². The fourth-order valence-corrected chi connectivity index (χ4v) is 2.42. The summed E-state index contributed by atoms with van der Waals surface area (Å²) in [6.07, 6.45) is 2.65. The normalized spacial score (nSPS) is 15.5. The van der Waals surface area contributed by atoms with Gasteiger partial charge in [-0.05, 0) is 43.9 Å². The summed E-state index contributed by atoms with van der Waals surface area (Å²) in [5.74, 6) is -0.378. The van der Waals surface area contributed by atoms with Gasteiger partial charge in [-0.15, -0.1) is 0 Å². The molecule has 0 unspecified atom stereocenters. The molecule has 1 aliphatic heterocycles. The molecule has 5 heteroatoms. The highest BCUT2D eigenvalue weighted by Gasteiger charge is 2.15. The van der Waals surface area contributed by atoms with E-state index in [1.54, 1.807) is 13.0 Å². The molecule has 0 atom stereocenters. The summed E-state index contributed by atoms with van der Waals surface area (Å²) in [7, 11) is 0. The van der Waals surface area contributed by atoms with Crippen molar-refractivity contribution in [2.24, 2.45) is 0 Å². The van der Waals surface area contributed by atoms with Crippen LogP contribution in [0.25, 0.3) is 0 Å². The second-order valence-corrected chi connectivity index (χ2v) is 5.01. The van der Waals surface area contributed by atoms with E-state index >= 15 is 0 Å². The van der Waals surface area contributed by atoms with Crippen molar-refractivity contribution in [2.45, 2.75) is 32.5 Å². The lowest BCUT2D eigenvalue weighted by Gasteiger charge is -2.09. The van der Waals surface area contributed by atoms with Gasteiger partial charge in [-0.25, -0.2) is 4.79 Å². The van der Waals surface area contributed by atoms with Crippen molar-refractivity contribution < 1.29 is 19.0 Å². The largest absolute Gasteiger partial charge is 0.462 e. The van der Waals surface area contributed by atoms with Crippen LogP contribution in [0.4, 0.5) is 0 Å². The standard InChI is InChI=1S/C15H19ClO4/c1-2-18-15(17)12-7-6-11(10-13(12)16)4-3-5-14-19-8-9-20-14/h6-7,10,14H,2-5,8-9H2,1H3. The minimum atomic E-state index is -0.378. The summed E-state index contributed by atoms with van der Waals surface area (Å²) in [6.45, 7) is 3.49. The Hall–Kier alpha value is -1.10. The third kappa shape index (κ3) is 4.20. The minimum Gasteiger partial charge on any atom is -0.462 e. The monoisotopic (exact) mass is 298 g/mol. The molecular formula is C15H19ClO4. The molecule has 2 rings (SSSR count). The molecule has 1 aromatic carbocycles. The molecule has 1 saturated heterocycles. The number of ether oxygens (including phenoxy) is 3. The van der Waals surface area contributed by atoms with Gasteiger partial charge in [-0.2, -0.15) is 0 Å². The summed E-state index contributed by atoms with van der Waals surface area (Å²) in [6, 6.07) is 5.46. The molecule has 1 fully saturated rings. The Kier molecular flexibility index (Phi) is 5.83. The van der Waals surface area contributed by atoms with Crippen LogP contribution in [0, 0.1) is 0 Å². The maximum Gasteiger partial charge on any atom is 0.339 e. The first-order valence-electron chi connectivity index (χ1n) is 6.89. The maximum atomic E-state index is 11.6. The van der Waals surface area contributed by atoms with E-state index in [-0.39, 0.29) is 12.3 Å². The van der Waals surface area contributed by atoms with Crippen molar-refractivity contribution in [3.05, 3.63) is 34.3 Å². The Morgan fingerprint density at radius 3 is 2.80 bits per heavy atom. The van der Waals surface area contributed by atoms with Gasteiger partial charge in [0, 0.05) is 0 Å². The summed E-state index contributed by atoms with van der Waals surface area (Å²) < 4.78 is 15.7. The molecule has 0 bridgehead atoms. The SMILES string of the molecule is CCOC(=O)c1ccc(CCCC2OCCO2)cc1Cl. The quantitative estimate of drug-likeness (QED) is 0.757. The van der Waals surface area contributed by atoms with E-state index in [0.29, 0.717) is 30.4 Å². The topological polar surface area (TPSA) is 44.8 Å². The number of benzene rings is 1. The van der Waals surface area contributed by atoms with E-state index in [1.807, 2.05) is 12.1 Å². The van der Waals surface area contributed by atoms with Crippen LogP contribution in [0.2, 0.25) is 5.02 Å². The van der Waals surface area contributed by atoms with E-state index in [9.17, 15) is 4.79 Å². The first kappa shape index (κ1) is 15.3. The minimum absolute atomic E-state index is 0.0655. The summed E-state index contributed by atoms with van der Waals surface area (Å²) >= 11 is 6.12. The predicted octanol–water partition coefficient (Wildman–Crippen LogP) is 3.21. The van der Waals surface area contributed by atoms with Crippen molar-refractivity contribution in [3.8, 4) is 0 Å². The van der Waals surface area contributed by atoms with Gasteiger partial charge in [0.05, 0.1) is 30.4 Å². The zero-order chi connectivity index (χ0) is 14.4. The van der Waals surface area contributed by atoms with E-state index in [0.717, 1.165) is 24.8 Å². The molecule has 1 aromatic rings. The van der Waals surface area contributed by atoms with E-state index in [1.165, 1.54) is 0 Å². The van der Waals surface area contributed by atoms with Crippen molar-refractivity contribution in [3.63, 3.8) is 0 Å². The number of esters is 1. The van der Waals surface area contributed by atoms with Crippen LogP contribution in [0.1, 0.15) is 35.7 Å². The van der Waals surface area contributed by atoms with Gasteiger partial charge < -0.3 is 14.2 Å². The van der Waals surface area contributed by atoms with Gasteiger partial charge in [0.1, 0.15) is 0 Å². The highest BCUT2D eigenvalue weighted by Crippen LogP contribution is 2.21. The van der Waals surface area contributed by atoms with E-state index in [2.05, 4.69) is 0 Å². The third-order valence-electron chi connectivity index (χ3n) is 3.12. The predicted molar refractivity (Wildman–Crippen MR) is 76.0 cm³/mol. The third-order valence-corrected chi connectivity index (χ3v) is 3.44. The van der Waals surface area contributed by atoms with Gasteiger partial charge in [-0.1, -0.05) is 17.7 Å². The first-order chi connectivity index (χ1) is 9.70. The molecule has 0 spiro atoms. The Bertz CT molecular complexity index is 455. The molecule has 0 N–H and O–H groups in total. The highest BCUT2D eigenvalue weighted by molar-refractivity contribution is 6.33. The number of rotatable bonds is 6. The second-order valence-electron chi connectivity index (χ2n) is 4.60. The molecule has 1 aliphatic rings. The lowest BCUT2D eigenvalue weighted by Crippen LogP contribution is -2.08. The zero-order valence-electron chi connectivity index (χ0n) is 11.6. The molecule has 20 heavy (non-hydrogen) atoms. The average Bonchev–Trinajstić information content (AvgIpc) is 2.92. The van der Waals surface area contributed by atoms with Crippen molar-refractivity contribution >= 4 is 17.6 Å². The number of halogens is 1. The summed E-state index contributed by atoms with van der Waals surface area (Å²) in [5.41, 5.74) is 1.51. The van der Waals surface area contributed by atoms with Crippen molar-refractivity contribution in [2.75, 3.05) is 19.8 Å². The molecule has 0 saturated carbocycles. The van der Waals surface area contributed by atoms with Gasteiger partial charge in [0.2, 0.25) is 0 Å². The number of hydrogen-bond donors (Lipinski definition) is 0. The van der Waals surface area contributed by atoms with Crippen LogP contribution in [-0.4, -0.2) is 32.1 Å². The van der Waals surface area contributed by atoms with Crippen molar-refractivity contribution in [1.82, 2.24) is 0 Å². The van der Waals surface area contributed by atoms with Crippen LogP contribution in [0.15, 0.2) is 18.2 Å². The fraction of sp³-hybridized carbons (Fsp3) is 0.533. The Morgan fingerprint density at radius 2 is 2.15 bits per heavy atom. The number of hydrogen-bond acceptors (Lipinski definition) is 4. The molecule has 0 aromatic heterocycles. The first-order valence-corrected chi connectivity index (χ1v) is 7.27. The van der Waals surface area contributed by atoms with Gasteiger partial charge >= 0.3 is 5.97 Å². The van der Waals surface area contributed by atoms with Gasteiger partial charge in [-0.3, -0.25) is 0 Å². The maximum absolute atomic E-state index is 11.6. The van der Waals surface area contributed by atoms with Crippen molar-refractivity contribution in [1.29, 1.82) is 0 Å². The Labute approximate surface area is 124 Å².